The number of benzene rings is 2. The van der Waals surface area contributed by atoms with Gasteiger partial charge in [0, 0.05) is 30.8 Å². The van der Waals surface area contributed by atoms with Gasteiger partial charge in [-0.15, -0.1) is 11.6 Å². The molecule has 1 aliphatic heterocycles. The Bertz CT molecular complexity index is 730. The zero-order valence-corrected chi connectivity index (χ0v) is 16.0. The van der Waals surface area contributed by atoms with E-state index in [-0.39, 0.29) is 12.5 Å². The molecule has 0 radical (unpaired) electrons. The van der Waals surface area contributed by atoms with Gasteiger partial charge in [-0.3, -0.25) is 5.41 Å². The normalized spacial score (nSPS) is 14.6. The fourth-order valence-corrected chi connectivity index (χ4v) is 2.70. The molecule has 1 atom stereocenters. The van der Waals surface area contributed by atoms with Gasteiger partial charge < -0.3 is 19.5 Å². The number of hydrogen-bond donors (Lipinski definition) is 2. The Kier molecular flexibility index (Phi) is 7.10. The molecule has 5 nitrogen and oxygen atoms in total. The molecule has 0 spiro atoms. The maximum atomic E-state index is 9.42. The number of hydrogen-bond acceptors (Lipinski definition) is 5. The van der Waals surface area contributed by atoms with Crippen LogP contribution in [0.15, 0.2) is 48.5 Å². The van der Waals surface area contributed by atoms with Gasteiger partial charge in [0.1, 0.15) is 24.2 Å². The van der Waals surface area contributed by atoms with Crippen LogP contribution in [-0.4, -0.2) is 60.6 Å². The zero-order valence-electron chi connectivity index (χ0n) is 15.2. The van der Waals surface area contributed by atoms with Crippen LogP contribution in [0.5, 0.6) is 11.5 Å². The molecule has 1 unspecified atom stereocenters. The van der Waals surface area contributed by atoms with Gasteiger partial charge in [0.15, 0.2) is 0 Å². The predicted octanol–water partition coefficient (Wildman–Crippen LogP) is 3.17. The fourth-order valence-electron chi connectivity index (χ4n) is 2.61. The van der Waals surface area contributed by atoms with Crippen molar-refractivity contribution in [2.45, 2.75) is 12.5 Å². The second-order valence-electron chi connectivity index (χ2n) is 6.59. The molecule has 144 valence electrons. The SMILES string of the molecule is N=C(c1ccc(OCCCN2CC2)cc1)c1ccc(OCC(O)CCl)cc1. The maximum absolute atomic E-state index is 9.42. The summed E-state index contributed by atoms with van der Waals surface area (Å²) < 4.78 is 11.2. The van der Waals surface area contributed by atoms with Gasteiger partial charge in [-0.2, -0.15) is 0 Å². The summed E-state index contributed by atoms with van der Waals surface area (Å²) in [4.78, 5) is 2.38. The van der Waals surface area contributed by atoms with Crippen LogP contribution in [0.4, 0.5) is 0 Å². The Morgan fingerprint density at radius 2 is 1.56 bits per heavy atom. The minimum Gasteiger partial charge on any atom is -0.494 e. The highest BCUT2D eigenvalue weighted by molar-refractivity contribution is 6.18. The number of aliphatic hydroxyl groups excluding tert-OH is 1. The third kappa shape index (κ3) is 6.24. The Balaban J connectivity index is 1.50. The van der Waals surface area contributed by atoms with E-state index in [1.807, 2.05) is 36.4 Å². The van der Waals surface area contributed by atoms with Crippen molar-refractivity contribution in [1.29, 1.82) is 5.41 Å². The van der Waals surface area contributed by atoms with Crippen molar-refractivity contribution in [3.8, 4) is 11.5 Å². The van der Waals surface area contributed by atoms with Crippen molar-refractivity contribution in [2.24, 2.45) is 0 Å². The molecule has 2 aromatic carbocycles. The lowest BCUT2D eigenvalue weighted by molar-refractivity contribution is 0.125. The molecular weight excluding hydrogens is 364 g/mol. The number of aliphatic hydroxyl groups is 1. The molecule has 0 bridgehead atoms. The Morgan fingerprint density at radius 1 is 1.00 bits per heavy atom. The quantitative estimate of drug-likeness (QED) is 0.268. The van der Waals surface area contributed by atoms with E-state index in [2.05, 4.69) is 4.90 Å². The molecule has 0 aromatic heterocycles. The summed E-state index contributed by atoms with van der Waals surface area (Å²) in [5, 5.41) is 17.8. The fraction of sp³-hybridized carbons (Fsp3) is 0.381. The predicted molar refractivity (Wildman–Crippen MR) is 108 cm³/mol. The van der Waals surface area contributed by atoms with Gasteiger partial charge in [-0.25, -0.2) is 0 Å². The Morgan fingerprint density at radius 3 is 2.07 bits per heavy atom. The van der Waals surface area contributed by atoms with Gasteiger partial charge in [0.25, 0.3) is 0 Å². The van der Waals surface area contributed by atoms with E-state index >= 15 is 0 Å². The summed E-state index contributed by atoms with van der Waals surface area (Å²) in [5.74, 6) is 1.61. The summed E-state index contributed by atoms with van der Waals surface area (Å²) in [7, 11) is 0. The highest BCUT2D eigenvalue weighted by Crippen LogP contribution is 2.18. The minimum atomic E-state index is -0.684. The van der Waals surface area contributed by atoms with Gasteiger partial charge in [0.2, 0.25) is 0 Å². The summed E-state index contributed by atoms with van der Waals surface area (Å²) in [6.07, 6.45) is 0.352. The first kappa shape index (κ1) is 19.7. The second kappa shape index (κ2) is 9.74. The highest BCUT2D eigenvalue weighted by Gasteiger charge is 2.15. The topological polar surface area (TPSA) is 65.5 Å². The molecule has 0 aliphatic carbocycles. The summed E-state index contributed by atoms with van der Waals surface area (Å²) in [5.41, 5.74) is 2.07. The van der Waals surface area contributed by atoms with E-state index in [1.165, 1.54) is 13.1 Å². The number of nitrogens with zero attached hydrogens (tertiary/aromatic N) is 1. The molecule has 6 heteroatoms. The van der Waals surface area contributed by atoms with Crippen molar-refractivity contribution < 1.29 is 14.6 Å². The molecule has 1 aliphatic rings. The molecule has 2 aromatic rings. The van der Waals surface area contributed by atoms with E-state index in [0.29, 0.717) is 18.1 Å². The van der Waals surface area contributed by atoms with Crippen molar-refractivity contribution in [1.82, 2.24) is 4.90 Å². The molecule has 1 fully saturated rings. The van der Waals surface area contributed by atoms with E-state index in [4.69, 9.17) is 26.5 Å². The third-order valence-corrected chi connectivity index (χ3v) is 4.69. The van der Waals surface area contributed by atoms with E-state index in [9.17, 15) is 5.11 Å². The number of halogens is 1. The van der Waals surface area contributed by atoms with Gasteiger partial charge >= 0.3 is 0 Å². The smallest absolute Gasteiger partial charge is 0.119 e. The van der Waals surface area contributed by atoms with Crippen LogP contribution >= 0.6 is 11.6 Å². The number of rotatable bonds is 11. The van der Waals surface area contributed by atoms with Gasteiger partial charge in [-0.1, -0.05) is 0 Å². The second-order valence-corrected chi connectivity index (χ2v) is 6.90. The molecule has 3 rings (SSSR count). The first-order chi connectivity index (χ1) is 13.2. The lowest BCUT2D eigenvalue weighted by Gasteiger charge is -2.11. The van der Waals surface area contributed by atoms with Crippen LogP contribution in [0.1, 0.15) is 17.5 Å². The highest BCUT2D eigenvalue weighted by atomic mass is 35.5. The molecule has 2 N–H and O–H groups in total. The first-order valence-electron chi connectivity index (χ1n) is 9.17. The molecule has 1 saturated heterocycles. The van der Waals surface area contributed by atoms with Crippen molar-refractivity contribution in [2.75, 3.05) is 38.7 Å². The number of alkyl halides is 1. The van der Waals surface area contributed by atoms with Crippen LogP contribution in [0.2, 0.25) is 0 Å². The summed E-state index contributed by atoms with van der Waals surface area (Å²) in [6.45, 7) is 4.42. The van der Waals surface area contributed by atoms with Gasteiger partial charge in [0.05, 0.1) is 18.2 Å². The monoisotopic (exact) mass is 388 g/mol. The lowest BCUT2D eigenvalue weighted by atomic mass is 10.0. The number of nitrogens with one attached hydrogen (secondary N) is 1. The standard InChI is InChI=1S/C21H25ClN2O3/c22-14-18(25)15-27-20-8-4-17(5-9-20)21(23)16-2-6-19(7-3-16)26-13-1-10-24-11-12-24/h2-9,18,23,25H,1,10-15H2. The van der Waals surface area contributed by atoms with Crippen LogP contribution in [0.25, 0.3) is 0 Å². The zero-order chi connectivity index (χ0) is 19.1. The molecule has 0 amide bonds. The molecule has 27 heavy (non-hydrogen) atoms. The van der Waals surface area contributed by atoms with Crippen LogP contribution in [0, 0.1) is 5.41 Å². The minimum absolute atomic E-state index is 0.140. The molecule has 1 heterocycles. The molecule has 0 saturated carbocycles. The van der Waals surface area contributed by atoms with Crippen molar-refractivity contribution in [3.05, 3.63) is 59.7 Å². The van der Waals surface area contributed by atoms with Crippen molar-refractivity contribution >= 4 is 17.3 Å². The maximum Gasteiger partial charge on any atom is 0.119 e. The van der Waals surface area contributed by atoms with E-state index < -0.39 is 6.10 Å². The summed E-state index contributed by atoms with van der Waals surface area (Å²) in [6, 6.07) is 14.9. The lowest BCUT2D eigenvalue weighted by Crippen LogP contribution is -2.18. The Hall–Kier alpha value is -2.08. The van der Waals surface area contributed by atoms with Crippen LogP contribution < -0.4 is 9.47 Å². The summed E-state index contributed by atoms with van der Waals surface area (Å²) >= 11 is 5.55. The van der Waals surface area contributed by atoms with E-state index in [0.717, 1.165) is 29.8 Å². The van der Waals surface area contributed by atoms with E-state index in [1.54, 1.807) is 12.1 Å². The van der Waals surface area contributed by atoms with Crippen molar-refractivity contribution in [3.63, 3.8) is 0 Å². The molecular formula is C21H25ClN2O3. The average molecular weight is 389 g/mol. The Labute approximate surface area is 165 Å². The third-order valence-electron chi connectivity index (χ3n) is 4.33. The van der Waals surface area contributed by atoms with Crippen LogP contribution in [0.3, 0.4) is 0 Å². The van der Waals surface area contributed by atoms with Gasteiger partial charge in [-0.05, 0) is 55.0 Å². The largest absolute Gasteiger partial charge is 0.494 e. The van der Waals surface area contributed by atoms with Crippen LogP contribution in [-0.2, 0) is 0 Å². The number of ether oxygens (including phenoxy) is 2. The first-order valence-corrected chi connectivity index (χ1v) is 9.70. The average Bonchev–Trinajstić information content (AvgIpc) is 3.54.